The number of aliphatic hydroxyl groups is 1. The molecule has 1 aromatic heterocycles. The molecule has 164 valence electrons. The standard InChI is InChI=1S/C21H31N5O4/c1-24(2)6-5-22-19(28)13-25-7-9-26(10-8-25)20(21(29)30)17-12-23-18-4-3-15(14-27)11-16(17)18/h3-4,11-12,20,23,27H,5-10,13-14H2,1-2H3,(H,22,28)(H,29,30)/t20-/m0/s1. The molecule has 1 atom stereocenters. The van der Waals surface area contributed by atoms with Crippen LogP contribution in [-0.2, 0) is 16.2 Å². The summed E-state index contributed by atoms with van der Waals surface area (Å²) in [6.07, 6.45) is 1.75. The zero-order chi connectivity index (χ0) is 21.7. The first-order valence-corrected chi connectivity index (χ1v) is 10.2. The van der Waals surface area contributed by atoms with Gasteiger partial charge in [0, 0.05) is 61.9 Å². The number of carbonyl (C=O) groups excluding carboxylic acids is 1. The molecule has 9 nitrogen and oxygen atoms in total. The molecule has 2 heterocycles. The van der Waals surface area contributed by atoms with Crippen molar-refractivity contribution in [1.82, 2.24) is 25.0 Å². The molecule has 0 aliphatic carbocycles. The number of aliphatic carboxylic acids is 1. The summed E-state index contributed by atoms with van der Waals surface area (Å²) >= 11 is 0. The number of nitrogens with zero attached hydrogens (tertiary/aromatic N) is 3. The fourth-order valence-corrected chi connectivity index (χ4v) is 3.86. The van der Waals surface area contributed by atoms with Gasteiger partial charge in [0.1, 0.15) is 6.04 Å². The molecule has 30 heavy (non-hydrogen) atoms. The summed E-state index contributed by atoms with van der Waals surface area (Å²) < 4.78 is 0. The van der Waals surface area contributed by atoms with Crippen LogP contribution in [0.1, 0.15) is 17.2 Å². The van der Waals surface area contributed by atoms with Crippen molar-refractivity contribution in [3.63, 3.8) is 0 Å². The van der Waals surface area contributed by atoms with E-state index in [0.29, 0.717) is 44.8 Å². The Morgan fingerprint density at radius 3 is 2.60 bits per heavy atom. The number of carbonyl (C=O) groups is 2. The van der Waals surface area contributed by atoms with Crippen LogP contribution in [0.2, 0.25) is 0 Å². The lowest BCUT2D eigenvalue weighted by atomic mass is 10.0. The van der Waals surface area contributed by atoms with E-state index in [1.165, 1.54) is 0 Å². The van der Waals surface area contributed by atoms with Gasteiger partial charge in [0.15, 0.2) is 0 Å². The Kier molecular flexibility index (Phi) is 7.43. The Hall–Kier alpha value is -2.46. The number of hydrogen-bond acceptors (Lipinski definition) is 6. The summed E-state index contributed by atoms with van der Waals surface area (Å²) in [6, 6.07) is 4.74. The van der Waals surface area contributed by atoms with Gasteiger partial charge in [-0.15, -0.1) is 0 Å². The van der Waals surface area contributed by atoms with Crippen molar-refractivity contribution in [1.29, 1.82) is 0 Å². The number of nitrogens with one attached hydrogen (secondary N) is 2. The van der Waals surface area contributed by atoms with Crippen LogP contribution in [0.4, 0.5) is 0 Å². The number of fused-ring (bicyclic) bond motifs is 1. The molecule has 9 heteroatoms. The van der Waals surface area contributed by atoms with Gasteiger partial charge >= 0.3 is 5.97 Å². The quantitative estimate of drug-likeness (QED) is 0.457. The van der Waals surface area contributed by atoms with E-state index in [2.05, 4.69) is 15.2 Å². The summed E-state index contributed by atoms with van der Waals surface area (Å²) in [6.45, 7) is 4.04. The molecular formula is C21H31N5O4. The van der Waals surface area contributed by atoms with E-state index >= 15 is 0 Å². The maximum absolute atomic E-state index is 12.1. The predicted octanol–water partition coefficient (Wildman–Crippen LogP) is 0.0813. The highest BCUT2D eigenvalue weighted by Gasteiger charge is 2.32. The molecular weight excluding hydrogens is 386 g/mol. The first kappa shape index (κ1) is 22.2. The van der Waals surface area contributed by atoms with Crippen LogP contribution in [0.15, 0.2) is 24.4 Å². The zero-order valence-electron chi connectivity index (χ0n) is 17.6. The van der Waals surface area contributed by atoms with Gasteiger partial charge in [0.2, 0.25) is 5.91 Å². The molecule has 1 fully saturated rings. The number of carboxylic acids is 1. The molecule has 3 rings (SSSR count). The molecule has 1 aromatic carbocycles. The average molecular weight is 418 g/mol. The van der Waals surface area contributed by atoms with E-state index < -0.39 is 12.0 Å². The minimum Gasteiger partial charge on any atom is -0.480 e. The Morgan fingerprint density at radius 2 is 1.97 bits per heavy atom. The highest BCUT2D eigenvalue weighted by atomic mass is 16.4. The molecule has 0 saturated carbocycles. The number of carboxylic acid groups (broad SMARTS) is 1. The number of aromatic nitrogens is 1. The summed E-state index contributed by atoms with van der Waals surface area (Å²) in [5.74, 6) is -0.909. The number of benzene rings is 1. The summed E-state index contributed by atoms with van der Waals surface area (Å²) in [5.41, 5.74) is 2.29. The molecule has 1 aliphatic heterocycles. The van der Waals surface area contributed by atoms with Crippen LogP contribution < -0.4 is 5.32 Å². The molecule has 1 aliphatic rings. The normalized spacial score (nSPS) is 16.8. The van der Waals surface area contributed by atoms with Crippen molar-refractivity contribution in [3.05, 3.63) is 35.5 Å². The van der Waals surface area contributed by atoms with Crippen LogP contribution in [0.3, 0.4) is 0 Å². The fraction of sp³-hybridized carbons (Fsp3) is 0.524. The number of likely N-dealkylation sites (N-methyl/N-ethyl adjacent to an activating group) is 1. The Morgan fingerprint density at radius 1 is 1.23 bits per heavy atom. The monoisotopic (exact) mass is 417 g/mol. The van der Waals surface area contributed by atoms with Crippen molar-refractivity contribution >= 4 is 22.8 Å². The van der Waals surface area contributed by atoms with Gasteiger partial charge in [-0.05, 0) is 31.8 Å². The number of H-pyrrole nitrogens is 1. The van der Waals surface area contributed by atoms with E-state index in [-0.39, 0.29) is 12.5 Å². The van der Waals surface area contributed by atoms with E-state index in [1.54, 1.807) is 6.20 Å². The number of amides is 1. The van der Waals surface area contributed by atoms with Crippen molar-refractivity contribution in [2.75, 3.05) is 59.9 Å². The fourth-order valence-electron chi connectivity index (χ4n) is 3.86. The first-order valence-electron chi connectivity index (χ1n) is 10.2. The van der Waals surface area contributed by atoms with Crippen molar-refractivity contribution in [3.8, 4) is 0 Å². The second-order valence-corrected chi connectivity index (χ2v) is 7.99. The van der Waals surface area contributed by atoms with Crippen LogP contribution in [0.5, 0.6) is 0 Å². The van der Waals surface area contributed by atoms with E-state index in [0.717, 1.165) is 23.0 Å². The maximum atomic E-state index is 12.1. The van der Waals surface area contributed by atoms with E-state index in [9.17, 15) is 19.8 Å². The lowest BCUT2D eigenvalue weighted by Crippen LogP contribution is -2.51. The molecule has 0 radical (unpaired) electrons. The summed E-state index contributed by atoms with van der Waals surface area (Å²) in [7, 11) is 3.92. The number of aliphatic hydroxyl groups excluding tert-OH is 1. The topological polar surface area (TPSA) is 112 Å². The Labute approximate surface area is 176 Å². The van der Waals surface area contributed by atoms with Crippen molar-refractivity contribution in [2.24, 2.45) is 0 Å². The predicted molar refractivity (Wildman–Crippen MR) is 114 cm³/mol. The minimum absolute atomic E-state index is 0.00625. The van der Waals surface area contributed by atoms with E-state index in [4.69, 9.17) is 0 Å². The van der Waals surface area contributed by atoms with Gasteiger partial charge in [-0.1, -0.05) is 6.07 Å². The van der Waals surface area contributed by atoms with Crippen LogP contribution in [-0.4, -0.2) is 102 Å². The molecule has 0 bridgehead atoms. The molecule has 4 N–H and O–H groups in total. The van der Waals surface area contributed by atoms with Gasteiger partial charge in [-0.2, -0.15) is 0 Å². The van der Waals surface area contributed by atoms with Gasteiger partial charge in [0.25, 0.3) is 0 Å². The van der Waals surface area contributed by atoms with E-state index in [1.807, 2.05) is 42.1 Å². The smallest absolute Gasteiger partial charge is 0.325 e. The maximum Gasteiger partial charge on any atom is 0.325 e. The number of hydrogen-bond donors (Lipinski definition) is 4. The Bertz CT molecular complexity index is 873. The van der Waals surface area contributed by atoms with Crippen molar-refractivity contribution < 1.29 is 19.8 Å². The first-order chi connectivity index (χ1) is 14.4. The third-order valence-electron chi connectivity index (χ3n) is 5.51. The van der Waals surface area contributed by atoms with Gasteiger partial charge in [-0.3, -0.25) is 19.4 Å². The van der Waals surface area contributed by atoms with Crippen LogP contribution >= 0.6 is 0 Å². The SMILES string of the molecule is CN(C)CCNC(=O)CN1CCN([C@H](C(=O)O)c2c[nH]c3ccc(CO)cc23)CC1. The largest absolute Gasteiger partial charge is 0.480 e. The third kappa shape index (κ3) is 5.37. The number of piperazine rings is 1. The summed E-state index contributed by atoms with van der Waals surface area (Å²) in [4.78, 5) is 33.4. The molecule has 1 saturated heterocycles. The lowest BCUT2D eigenvalue weighted by Gasteiger charge is -2.37. The van der Waals surface area contributed by atoms with Crippen LogP contribution in [0.25, 0.3) is 10.9 Å². The zero-order valence-corrected chi connectivity index (χ0v) is 17.6. The molecule has 2 aromatic rings. The third-order valence-corrected chi connectivity index (χ3v) is 5.51. The Balaban J connectivity index is 1.63. The molecule has 0 unspecified atom stereocenters. The van der Waals surface area contributed by atoms with Gasteiger partial charge in [0.05, 0.1) is 13.2 Å². The highest BCUT2D eigenvalue weighted by molar-refractivity contribution is 5.89. The second-order valence-electron chi connectivity index (χ2n) is 7.99. The summed E-state index contributed by atoms with van der Waals surface area (Å²) in [5, 5.41) is 23.1. The van der Waals surface area contributed by atoms with Crippen LogP contribution in [0, 0.1) is 0 Å². The lowest BCUT2D eigenvalue weighted by molar-refractivity contribution is -0.144. The molecule has 1 amide bonds. The van der Waals surface area contributed by atoms with Gasteiger partial charge in [-0.25, -0.2) is 0 Å². The second kappa shape index (κ2) is 10.0. The highest BCUT2D eigenvalue weighted by Crippen LogP contribution is 2.30. The average Bonchev–Trinajstić information content (AvgIpc) is 3.11. The number of rotatable bonds is 9. The molecule has 0 spiro atoms. The minimum atomic E-state index is -0.903. The van der Waals surface area contributed by atoms with Crippen molar-refractivity contribution in [2.45, 2.75) is 12.6 Å². The number of aromatic amines is 1. The van der Waals surface area contributed by atoms with Gasteiger partial charge < -0.3 is 25.4 Å².